The van der Waals surface area contributed by atoms with Gasteiger partial charge in [0.1, 0.15) is 11.6 Å². The molecule has 0 radical (unpaired) electrons. The van der Waals surface area contributed by atoms with Crippen molar-refractivity contribution in [3.63, 3.8) is 0 Å². The lowest BCUT2D eigenvalue weighted by Crippen LogP contribution is -1.98. The SMILES string of the molecule is Cc1c(F)cc(N)nc1F. The lowest BCUT2D eigenvalue weighted by Gasteiger charge is -1.97. The van der Waals surface area contributed by atoms with Crippen LogP contribution in [0.4, 0.5) is 14.6 Å². The molecule has 0 aliphatic rings. The van der Waals surface area contributed by atoms with Crippen molar-refractivity contribution in [3.05, 3.63) is 23.4 Å². The minimum Gasteiger partial charge on any atom is -0.384 e. The Morgan fingerprint density at radius 3 is 2.60 bits per heavy atom. The van der Waals surface area contributed by atoms with Crippen molar-refractivity contribution in [3.8, 4) is 0 Å². The summed E-state index contributed by atoms with van der Waals surface area (Å²) in [5.74, 6) is -1.65. The van der Waals surface area contributed by atoms with E-state index in [4.69, 9.17) is 5.73 Å². The Hall–Kier alpha value is -1.19. The van der Waals surface area contributed by atoms with Crippen LogP contribution in [0.1, 0.15) is 5.56 Å². The van der Waals surface area contributed by atoms with Crippen LogP contribution in [0.25, 0.3) is 0 Å². The smallest absolute Gasteiger partial charge is 0.220 e. The molecule has 0 fully saturated rings. The highest BCUT2D eigenvalue weighted by Gasteiger charge is 2.05. The molecule has 0 aromatic carbocycles. The summed E-state index contributed by atoms with van der Waals surface area (Å²) in [6.07, 6.45) is 0. The molecule has 1 aromatic heterocycles. The van der Waals surface area contributed by atoms with Gasteiger partial charge in [-0.3, -0.25) is 0 Å². The third-order valence-corrected chi connectivity index (χ3v) is 1.17. The van der Waals surface area contributed by atoms with E-state index < -0.39 is 11.8 Å². The molecule has 0 atom stereocenters. The second-order valence-corrected chi connectivity index (χ2v) is 1.94. The average molecular weight is 144 g/mol. The molecule has 1 aromatic rings. The van der Waals surface area contributed by atoms with Gasteiger partial charge in [0, 0.05) is 11.6 Å². The van der Waals surface area contributed by atoms with Gasteiger partial charge in [-0.25, -0.2) is 9.37 Å². The number of anilines is 1. The minimum atomic E-state index is -0.850. The third-order valence-electron chi connectivity index (χ3n) is 1.17. The molecule has 2 N–H and O–H groups in total. The van der Waals surface area contributed by atoms with Gasteiger partial charge in [-0.1, -0.05) is 0 Å². The maximum atomic E-state index is 12.5. The first-order valence-corrected chi connectivity index (χ1v) is 2.69. The molecule has 0 bridgehead atoms. The largest absolute Gasteiger partial charge is 0.384 e. The molecule has 0 saturated carbocycles. The van der Waals surface area contributed by atoms with Crippen molar-refractivity contribution in [2.45, 2.75) is 6.92 Å². The van der Waals surface area contributed by atoms with Gasteiger partial charge in [0.2, 0.25) is 5.95 Å². The number of nitrogen functional groups attached to an aromatic ring is 1. The van der Waals surface area contributed by atoms with Gasteiger partial charge in [-0.2, -0.15) is 4.39 Å². The summed E-state index contributed by atoms with van der Waals surface area (Å²) in [7, 11) is 0. The van der Waals surface area contributed by atoms with E-state index in [-0.39, 0.29) is 11.4 Å². The Morgan fingerprint density at radius 1 is 1.50 bits per heavy atom. The van der Waals surface area contributed by atoms with Crippen LogP contribution in [0.3, 0.4) is 0 Å². The summed E-state index contributed by atoms with van der Waals surface area (Å²) in [6, 6.07) is 0.985. The summed E-state index contributed by atoms with van der Waals surface area (Å²) in [4.78, 5) is 3.21. The molecule has 0 unspecified atom stereocenters. The number of nitrogens with two attached hydrogens (primary N) is 1. The molecule has 0 saturated heterocycles. The Bertz CT molecular complexity index is 237. The summed E-state index contributed by atoms with van der Waals surface area (Å²) >= 11 is 0. The zero-order chi connectivity index (χ0) is 7.72. The summed E-state index contributed by atoms with van der Waals surface area (Å²) in [5, 5.41) is 0. The van der Waals surface area contributed by atoms with E-state index in [0.29, 0.717) is 0 Å². The van der Waals surface area contributed by atoms with Gasteiger partial charge in [-0.05, 0) is 6.92 Å². The fourth-order valence-corrected chi connectivity index (χ4v) is 0.566. The molecule has 1 rings (SSSR count). The molecule has 1 heterocycles. The van der Waals surface area contributed by atoms with Crippen LogP contribution in [0.15, 0.2) is 6.07 Å². The van der Waals surface area contributed by atoms with Crippen LogP contribution in [-0.2, 0) is 0 Å². The monoisotopic (exact) mass is 144 g/mol. The maximum absolute atomic E-state index is 12.5. The standard InChI is InChI=1S/C6H6F2N2/c1-3-4(7)2-5(9)10-6(3)8/h2H,1H3,(H2,9,10). The number of pyridine rings is 1. The number of aromatic nitrogens is 1. The lowest BCUT2D eigenvalue weighted by atomic mass is 10.3. The van der Waals surface area contributed by atoms with Crippen molar-refractivity contribution in [2.24, 2.45) is 0 Å². The van der Waals surface area contributed by atoms with Crippen molar-refractivity contribution >= 4 is 5.82 Å². The van der Waals surface area contributed by atoms with Crippen LogP contribution < -0.4 is 5.73 Å². The zero-order valence-electron chi connectivity index (χ0n) is 5.36. The van der Waals surface area contributed by atoms with Crippen molar-refractivity contribution in [1.82, 2.24) is 4.98 Å². The normalized spacial score (nSPS) is 9.90. The van der Waals surface area contributed by atoms with Crippen LogP contribution in [-0.4, -0.2) is 4.98 Å². The van der Waals surface area contributed by atoms with Gasteiger partial charge < -0.3 is 5.73 Å². The molecule has 0 spiro atoms. The Balaban J connectivity index is 3.31. The fourth-order valence-electron chi connectivity index (χ4n) is 0.566. The summed E-state index contributed by atoms with van der Waals surface area (Å²) < 4.78 is 24.9. The molecular weight excluding hydrogens is 138 g/mol. The van der Waals surface area contributed by atoms with Gasteiger partial charge in [0.25, 0.3) is 0 Å². The predicted octanol–water partition coefficient (Wildman–Crippen LogP) is 1.25. The second-order valence-electron chi connectivity index (χ2n) is 1.94. The van der Waals surface area contributed by atoms with Gasteiger partial charge in [-0.15, -0.1) is 0 Å². The first kappa shape index (κ1) is 6.92. The van der Waals surface area contributed by atoms with E-state index in [9.17, 15) is 8.78 Å². The molecule has 10 heavy (non-hydrogen) atoms. The molecule has 54 valence electrons. The van der Waals surface area contributed by atoms with Gasteiger partial charge >= 0.3 is 0 Å². The Labute approximate surface area is 56.7 Å². The van der Waals surface area contributed by atoms with E-state index >= 15 is 0 Å². The minimum absolute atomic E-state index is 0.103. The highest BCUT2D eigenvalue weighted by Crippen LogP contribution is 2.10. The molecule has 2 nitrogen and oxygen atoms in total. The number of halogens is 2. The van der Waals surface area contributed by atoms with E-state index in [1.54, 1.807) is 0 Å². The van der Waals surface area contributed by atoms with Crippen molar-refractivity contribution < 1.29 is 8.78 Å². The van der Waals surface area contributed by atoms with Crippen LogP contribution in [0.2, 0.25) is 0 Å². The first-order chi connectivity index (χ1) is 4.61. The highest BCUT2D eigenvalue weighted by atomic mass is 19.1. The van der Waals surface area contributed by atoms with Crippen LogP contribution in [0.5, 0.6) is 0 Å². The predicted molar refractivity (Wildman–Crippen MR) is 33.3 cm³/mol. The molecular formula is C6H6F2N2. The fraction of sp³-hybridized carbons (Fsp3) is 0.167. The topological polar surface area (TPSA) is 38.9 Å². The average Bonchev–Trinajstić information content (AvgIpc) is 1.82. The summed E-state index contributed by atoms with van der Waals surface area (Å²) in [6.45, 7) is 1.30. The lowest BCUT2D eigenvalue weighted by molar-refractivity contribution is 0.540. The Morgan fingerprint density at radius 2 is 2.10 bits per heavy atom. The van der Waals surface area contributed by atoms with Gasteiger partial charge in [0.15, 0.2) is 0 Å². The van der Waals surface area contributed by atoms with E-state index in [0.717, 1.165) is 6.07 Å². The number of rotatable bonds is 0. The molecule has 0 amide bonds. The number of hydrogen-bond acceptors (Lipinski definition) is 2. The highest BCUT2D eigenvalue weighted by molar-refractivity contribution is 5.30. The second kappa shape index (κ2) is 2.21. The van der Waals surface area contributed by atoms with Crippen molar-refractivity contribution in [1.29, 1.82) is 0 Å². The van der Waals surface area contributed by atoms with E-state index in [1.807, 2.05) is 0 Å². The van der Waals surface area contributed by atoms with E-state index in [1.165, 1.54) is 6.92 Å². The van der Waals surface area contributed by atoms with Crippen molar-refractivity contribution in [2.75, 3.05) is 5.73 Å². The van der Waals surface area contributed by atoms with Gasteiger partial charge in [0.05, 0.1) is 0 Å². The third kappa shape index (κ3) is 1.05. The van der Waals surface area contributed by atoms with Crippen LogP contribution in [0, 0.1) is 18.7 Å². The Kier molecular flexibility index (Phi) is 1.53. The molecule has 0 aliphatic heterocycles. The molecule has 4 heteroatoms. The quantitative estimate of drug-likeness (QED) is 0.556. The maximum Gasteiger partial charge on any atom is 0.220 e. The van der Waals surface area contributed by atoms with Crippen LogP contribution >= 0.6 is 0 Å². The number of hydrogen-bond donors (Lipinski definition) is 1. The first-order valence-electron chi connectivity index (χ1n) is 2.69. The number of nitrogens with zero attached hydrogens (tertiary/aromatic N) is 1. The molecule has 0 aliphatic carbocycles. The van der Waals surface area contributed by atoms with E-state index in [2.05, 4.69) is 4.98 Å². The summed E-state index contributed by atoms with van der Waals surface area (Å²) in [5.41, 5.74) is 4.93. The zero-order valence-corrected chi connectivity index (χ0v) is 5.36.